The van der Waals surface area contributed by atoms with Crippen molar-refractivity contribution >= 4 is 21.5 Å². The first-order valence-electron chi connectivity index (χ1n) is 9.92. The molecule has 1 aliphatic heterocycles. The molecular formula is C21H20F3N3O4S. The molecule has 2 aromatic rings. The lowest BCUT2D eigenvalue weighted by atomic mass is 10.0. The zero-order valence-electron chi connectivity index (χ0n) is 16.7. The number of hydrogen-bond donors (Lipinski definition) is 2. The number of halogens is 3. The van der Waals surface area contributed by atoms with Crippen LogP contribution in [0.5, 0.6) is 0 Å². The fourth-order valence-corrected chi connectivity index (χ4v) is 4.77. The zero-order chi connectivity index (χ0) is 23.1. The number of carbonyl (C=O) groups is 1. The Kier molecular flexibility index (Phi) is 5.82. The average molecular weight is 467 g/mol. The predicted molar refractivity (Wildman–Crippen MR) is 108 cm³/mol. The van der Waals surface area contributed by atoms with E-state index in [1.165, 1.54) is 0 Å². The number of sulfonamides is 1. The zero-order valence-corrected chi connectivity index (χ0v) is 17.5. The van der Waals surface area contributed by atoms with Crippen LogP contribution >= 0.6 is 0 Å². The topological polar surface area (TPSA) is 99.6 Å². The smallest absolute Gasteiger partial charge is 0.373 e. The van der Waals surface area contributed by atoms with Crippen LogP contribution in [0.4, 0.5) is 13.2 Å². The maximum Gasteiger partial charge on any atom is 0.416 e. The second-order valence-corrected chi connectivity index (χ2v) is 9.51. The van der Waals surface area contributed by atoms with Gasteiger partial charge in [0.2, 0.25) is 0 Å². The summed E-state index contributed by atoms with van der Waals surface area (Å²) in [5, 5.41) is 13.2. The number of hydrogen-bond acceptors (Lipinski definition) is 6. The SMILES string of the molecule is O=C1C=C(c2cccc(C(O)NC3CC3)n2)CCN1S(=O)(=O)c1cccc(C(F)(F)F)c1. The average Bonchev–Trinajstić information content (AvgIpc) is 3.57. The first-order valence-corrected chi connectivity index (χ1v) is 11.4. The van der Waals surface area contributed by atoms with Gasteiger partial charge in [0, 0.05) is 18.7 Å². The molecule has 4 rings (SSSR count). The highest BCUT2D eigenvalue weighted by Gasteiger charge is 2.35. The van der Waals surface area contributed by atoms with Crippen molar-refractivity contribution in [1.29, 1.82) is 0 Å². The molecule has 2 heterocycles. The van der Waals surface area contributed by atoms with Gasteiger partial charge in [0.25, 0.3) is 15.9 Å². The van der Waals surface area contributed by atoms with E-state index in [2.05, 4.69) is 10.3 Å². The number of aliphatic hydroxyl groups is 1. The molecule has 1 aromatic carbocycles. The lowest BCUT2D eigenvalue weighted by Crippen LogP contribution is -2.39. The summed E-state index contributed by atoms with van der Waals surface area (Å²) < 4.78 is 65.1. The second kappa shape index (κ2) is 8.30. The minimum absolute atomic E-state index is 0.131. The molecule has 0 spiro atoms. The number of benzene rings is 1. The molecule has 11 heteroatoms. The molecule has 1 unspecified atom stereocenters. The first-order chi connectivity index (χ1) is 15.1. The van der Waals surface area contributed by atoms with Gasteiger partial charge < -0.3 is 5.11 Å². The Morgan fingerprint density at radius 1 is 1.16 bits per heavy atom. The van der Waals surface area contributed by atoms with Crippen LogP contribution in [0.1, 0.15) is 42.4 Å². The molecule has 1 amide bonds. The molecule has 7 nitrogen and oxygen atoms in total. The Balaban J connectivity index is 1.56. The van der Waals surface area contributed by atoms with E-state index >= 15 is 0 Å². The van der Waals surface area contributed by atoms with Crippen LogP contribution in [0.25, 0.3) is 5.57 Å². The largest absolute Gasteiger partial charge is 0.416 e. The lowest BCUT2D eigenvalue weighted by Gasteiger charge is -2.26. The molecule has 1 saturated carbocycles. The molecular weight excluding hydrogens is 447 g/mol. The minimum Gasteiger partial charge on any atom is -0.373 e. The van der Waals surface area contributed by atoms with E-state index in [-0.39, 0.29) is 19.0 Å². The third-order valence-electron chi connectivity index (χ3n) is 5.23. The Morgan fingerprint density at radius 2 is 1.88 bits per heavy atom. The molecule has 0 saturated heterocycles. The molecule has 32 heavy (non-hydrogen) atoms. The van der Waals surface area contributed by atoms with E-state index in [0.29, 0.717) is 27.3 Å². The number of aliphatic hydroxyl groups excluding tert-OH is 1. The van der Waals surface area contributed by atoms with Crippen molar-refractivity contribution in [2.45, 2.75) is 42.6 Å². The van der Waals surface area contributed by atoms with Gasteiger partial charge >= 0.3 is 6.18 Å². The number of alkyl halides is 3. The van der Waals surface area contributed by atoms with Crippen LogP contribution in [0, 0.1) is 0 Å². The normalized spacial score (nSPS) is 18.4. The third kappa shape index (κ3) is 4.69. The molecule has 1 aliphatic carbocycles. The maximum atomic E-state index is 13.0. The van der Waals surface area contributed by atoms with Gasteiger partial charge in [0.1, 0.15) is 6.23 Å². The Bertz CT molecular complexity index is 1180. The van der Waals surface area contributed by atoms with Gasteiger partial charge in [-0.2, -0.15) is 13.2 Å². The minimum atomic E-state index is -4.71. The Labute approximate surface area is 182 Å². The van der Waals surface area contributed by atoms with E-state index in [0.717, 1.165) is 37.1 Å². The van der Waals surface area contributed by atoms with Crippen LogP contribution in [0.15, 0.2) is 53.4 Å². The van der Waals surface area contributed by atoms with E-state index in [1.807, 2.05) is 0 Å². The van der Waals surface area contributed by atoms with Crippen molar-refractivity contribution in [3.8, 4) is 0 Å². The molecule has 0 bridgehead atoms. The molecule has 170 valence electrons. The molecule has 1 fully saturated rings. The van der Waals surface area contributed by atoms with Gasteiger partial charge in [-0.25, -0.2) is 17.7 Å². The third-order valence-corrected chi connectivity index (χ3v) is 7.02. The van der Waals surface area contributed by atoms with E-state index < -0.39 is 38.8 Å². The second-order valence-electron chi connectivity index (χ2n) is 7.65. The summed E-state index contributed by atoms with van der Waals surface area (Å²) in [6.45, 7) is -0.238. The van der Waals surface area contributed by atoms with Gasteiger partial charge in [0.05, 0.1) is 21.8 Å². The fraction of sp³-hybridized carbons (Fsp3) is 0.333. The number of rotatable bonds is 6. The van der Waals surface area contributed by atoms with Gasteiger partial charge in [-0.3, -0.25) is 10.1 Å². The Morgan fingerprint density at radius 3 is 2.53 bits per heavy atom. The van der Waals surface area contributed by atoms with Gasteiger partial charge in [-0.05, 0) is 55.2 Å². The summed E-state index contributed by atoms with van der Waals surface area (Å²) in [5.41, 5.74) is 0.162. The van der Waals surface area contributed by atoms with Crippen molar-refractivity contribution in [1.82, 2.24) is 14.6 Å². The number of aromatic nitrogens is 1. The highest BCUT2D eigenvalue weighted by atomic mass is 32.2. The van der Waals surface area contributed by atoms with Crippen LogP contribution in [-0.4, -0.2) is 41.3 Å². The molecule has 0 radical (unpaired) electrons. The lowest BCUT2D eigenvalue weighted by molar-refractivity contribution is -0.137. The van der Waals surface area contributed by atoms with Gasteiger partial charge in [0.15, 0.2) is 0 Å². The fourth-order valence-electron chi connectivity index (χ4n) is 3.37. The van der Waals surface area contributed by atoms with E-state index in [9.17, 15) is 31.5 Å². The summed E-state index contributed by atoms with van der Waals surface area (Å²) >= 11 is 0. The van der Waals surface area contributed by atoms with Crippen molar-refractivity contribution in [2.24, 2.45) is 0 Å². The van der Waals surface area contributed by atoms with Gasteiger partial charge in [-0.1, -0.05) is 12.1 Å². The van der Waals surface area contributed by atoms with E-state index in [4.69, 9.17) is 0 Å². The highest BCUT2D eigenvalue weighted by molar-refractivity contribution is 7.89. The standard InChI is InChI=1S/C21H20F3N3O4S/c22-21(23,24)14-3-1-4-16(12-14)32(30,31)27-10-9-13(11-19(27)28)17-5-2-6-18(26-17)20(29)25-15-7-8-15/h1-6,11-12,15,20,25,29H,7-10H2. The molecule has 1 atom stereocenters. The predicted octanol–water partition coefficient (Wildman–Crippen LogP) is 2.85. The monoisotopic (exact) mass is 467 g/mol. The van der Waals surface area contributed by atoms with E-state index in [1.54, 1.807) is 18.2 Å². The summed E-state index contributed by atoms with van der Waals surface area (Å²) in [5.74, 6) is -0.868. The Hall–Kier alpha value is -2.76. The molecule has 2 N–H and O–H groups in total. The summed E-state index contributed by atoms with van der Waals surface area (Å²) in [6.07, 6.45) is -2.46. The number of amides is 1. The van der Waals surface area contributed by atoms with Crippen LogP contribution in [0.2, 0.25) is 0 Å². The van der Waals surface area contributed by atoms with Crippen LogP contribution in [-0.2, 0) is 21.0 Å². The molecule has 1 aromatic heterocycles. The first kappa shape index (κ1) is 22.4. The number of carbonyl (C=O) groups excluding carboxylic acids is 1. The van der Waals surface area contributed by atoms with Crippen molar-refractivity contribution in [3.05, 3.63) is 65.5 Å². The van der Waals surface area contributed by atoms with Crippen LogP contribution in [0.3, 0.4) is 0 Å². The number of pyridine rings is 1. The van der Waals surface area contributed by atoms with Crippen molar-refractivity contribution in [3.63, 3.8) is 0 Å². The van der Waals surface area contributed by atoms with Crippen molar-refractivity contribution in [2.75, 3.05) is 6.54 Å². The number of nitrogens with one attached hydrogen (secondary N) is 1. The van der Waals surface area contributed by atoms with Crippen molar-refractivity contribution < 1.29 is 31.5 Å². The highest BCUT2D eigenvalue weighted by Crippen LogP contribution is 2.32. The number of nitrogens with zero attached hydrogens (tertiary/aromatic N) is 2. The maximum absolute atomic E-state index is 13.0. The summed E-state index contributed by atoms with van der Waals surface area (Å²) in [6, 6.07) is 8.50. The van der Waals surface area contributed by atoms with Crippen LogP contribution < -0.4 is 5.32 Å². The molecule has 2 aliphatic rings. The quantitative estimate of drug-likeness (QED) is 0.634. The van der Waals surface area contributed by atoms with Gasteiger partial charge in [-0.15, -0.1) is 0 Å². The summed E-state index contributed by atoms with van der Waals surface area (Å²) in [4.78, 5) is 16.4. The summed E-state index contributed by atoms with van der Waals surface area (Å²) in [7, 11) is -4.46.